The molecule has 0 saturated heterocycles. The van der Waals surface area contributed by atoms with Crippen molar-refractivity contribution >= 4 is 15.3 Å². The largest absolute Gasteiger partial charge is 0.496 e. The van der Waals surface area contributed by atoms with Crippen molar-refractivity contribution in [2.45, 2.75) is 0 Å². The van der Waals surface area contributed by atoms with Crippen LogP contribution in [0.4, 0.5) is 0 Å². The minimum Gasteiger partial charge on any atom is -0.496 e. The van der Waals surface area contributed by atoms with E-state index in [1.807, 2.05) is 4.79 Å². The normalized spacial score (nSPS) is 10.1. The van der Waals surface area contributed by atoms with E-state index >= 15 is 0 Å². The smallest absolute Gasteiger partial charge is 0.472 e. The zero-order valence-electron chi connectivity index (χ0n) is 3.64. The maximum atomic E-state index is 9.70. The van der Waals surface area contributed by atoms with Crippen LogP contribution in [0.25, 0.3) is 5.53 Å². The fourth-order valence-corrected chi connectivity index (χ4v) is 0.155. The summed E-state index contributed by atoms with van der Waals surface area (Å²) in [7, 11) is -4.48. The van der Waals surface area contributed by atoms with Crippen LogP contribution in [0.1, 0.15) is 0 Å². The Hall–Kier alpha value is -0.910. The van der Waals surface area contributed by atoms with Crippen molar-refractivity contribution in [2.75, 3.05) is 0 Å². The maximum absolute atomic E-state index is 9.70. The van der Waals surface area contributed by atoms with Crippen molar-refractivity contribution in [2.24, 2.45) is 5.73 Å². The molecule has 0 fully saturated rings. The van der Waals surface area contributed by atoms with Gasteiger partial charge in [0.05, 0.1) is 0 Å². The highest BCUT2D eigenvalue weighted by molar-refractivity contribution is 8.01. The van der Waals surface area contributed by atoms with Gasteiger partial charge in [-0.25, -0.2) is 0 Å². The van der Waals surface area contributed by atoms with Gasteiger partial charge in [0.25, 0.3) is 0 Å². The molecule has 7 heteroatoms. The molecule has 0 unspecified atom stereocenters. The number of rotatable bonds is 0. The molecule has 0 aliphatic heterocycles. The highest BCUT2D eigenvalue weighted by atomic mass is 32.2. The van der Waals surface area contributed by atoms with Crippen LogP contribution in [0.2, 0.25) is 0 Å². The summed E-state index contributed by atoms with van der Waals surface area (Å²) in [4.78, 5) is 2.02. The highest BCUT2D eigenvalue weighted by Gasteiger charge is 2.17. The monoisotopic (exact) mass is 137 g/mol. The molecule has 0 amide bonds. The maximum Gasteiger partial charge on any atom is 0.472 e. The molecule has 0 aromatic heterocycles. The van der Waals surface area contributed by atoms with Gasteiger partial charge in [-0.2, -0.15) is 8.42 Å². The predicted octanol–water partition coefficient (Wildman–Crippen LogP) is -1.58. The first-order valence-corrected chi connectivity index (χ1v) is 2.87. The second kappa shape index (κ2) is 1.91. The Bertz CT molecular complexity index is 221. The number of amidine groups is 1. The molecule has 6 nitrogen and oxygen atoms in total. The minimum absolute atomic E-state index is 1.21. The van der Waals surface area contributed by atoms with Crippen molar-refractivity contribution in [3.8, 4) is 0 Å². The summed E-state index contributed by atoms with van der Waals surface area (Å²) >= 11 is 0. The Morgan fingerprint density at radius 3 is 2.12 bits per heavy atom. The molecule has 0 aliphatic rings. The van der Waals surface area contributed by atoms with E-state index in [1.165, 1.54) is 0 Å². The Morgan fingerprint density at radius 2 is 2.12 bits per heavy atom. The van der Waals surface area contributed by atoms with Crippen molar-refractivity contribution in [1.29, 1.82) is 0 Å². The molecule has 8 heavy (non-hydrogen) atoms. The van der Waals surface area contributed by atoms with Gasteiger partial charge in [-0.1, -0.05) is 0 Å². The average Bonchev–Trinajstić information content (AvgIpc) is 1.62. The Kier molecular flexibility index (Phi) is 1.69. The summed E-state index contributed by atoms with van der Waals surface area (Å²) in [5.41, 5.74) is 12.0. The summed E-state index contributed by atoms with van der Waals surface area (Å²) in [6.45, 7) is 0. The first-order valence-electron chi connectivity index (χ1n) is 1.43. The van der Waals surface area contributed by atoms with Crippen LogP contribution >= 0.6 is 0 Å². The highest BCUT2D eigenvalue weighted by Crippen LogP contribution is 1.73. The van der Waals surface area contributed by atoms with E-state index in [4.69, 9.17) is 10.1 Å². The molecule has 0 rings (SSSR count). The van der Waals surface area contributed by atoms with Gasteiger partial charge < -0.3 is 5.53 Å². The van der Waals surface area contributed by atoms with Crippen LogP contribution in [0.3, 0.4) is 0 Å². The molecule has 0 radical (unpaired) electrons. The summed E-state index contributed by atoms with van der Waals surface area (Å²) in [6.07, 6.45) is 0. The van der Waals surface area contributed by atoms with Crippen LogP contribution in [0.5, 0.6) is 0 Å². The lowest BCUT2D eigenvalue weighted by molar-refractivity contribution is -0.00282. The lowest BCUT2D eigenvalue weighted by Crippen LogP contribution is -2.23. The first kappa shape index (κ1) is 7.09. The predicted molar refractivity (Wildman–Crippen MR) is 24.4 cm³/mol. The molecule has 0 aliphatic carbocycles. The molecular formula is CH3N3O3S. The molecule has 0 atom stereocenters. The van der Waals surface area contributed by atoms with Crippen LogP contribution < -0.4 is 5.73 Å². The van der Waals surface area contributed by atoms with Gasteiger partial charge in [-0.15, -0.1) is 0 Å². The second-order valence-corrected chi connectivity index (χ2v) is 2.28. The lowest BCUT2D eigenvalue weighted by atomic mass is 11.4. The zero-order valence-corrected chi connectivity index (χ0v) is 4.46. The van der Waals surface area contributed by atoms with Crippen molar-refractivity contribution in [1.82, 2.24) is 0 Å². The van der Waals surface area contributed by atoms with Gasteiger partial charge in [-0.05, 0) is 0 Å². The molecule has 0 aromatic rings. The van der Waals surface area contributed by atoms with Crippen molar-refractivity contribution in [3.63, 3.8) is 0 Å². The molecule has 0 aromatic carbocycles. The summed E-state index contributed by atoms with van der Waals surface area (Å²) < 4.78 is 27.2. The molecule has 3 N–H and O–H groups in total. The SMILES string of the molecule is [N-]=[N+]=C(N)S(=O)(=O)O. The average molecular weight is 137 g/mol. The number of hydrogen-bond donors (Lipinski definition) is 2. The van der Waals surface area contributed by atoms with Gasteiger partial charge >= 0.3 is 15.3 Å². The van der Waals surface area contributed by atoms with Gasteiger partial charge in [0.15, 0.2) is 0 Å². The van der Waals surface area contributed by atoms with Gasteiger partial charge in [0.1, 0.15) is 0 Å². The van der Waals surface area contributed by atoms with E-state index in [9.17, 15) is 8.42 Å². The molecule has 46 valence electrons. The fourth-order valence-electron chi connectivity index (χ4n) is 0.0516. The first-order chi connectivity index (χ1) is 3.48. The van der Waals surface area contributed by atoms with Gasteiger partial charge in [0, 0.05) is 0 Å². The van der Waals surface area contributed by atoms with E-state index in [0.29, 0.717) is 0 Å². The minimum atomic E-state index is -4.48. The molecule has 0 bridgehead atoms. The second-order valence-electron chi connectivity index (χ2n) is 0.913. The Labute approximate surface area is 45.3 Å². The number of nitrogens with zero attached hydrogens (tertiary/aromatic N) is 2. The molecule has 0 saturated carbocycles. The quantitative estimate of drug-likeness (QED) is 0.138. The fraction of sp³-hybridized carbons (Fsp3) is 0. The Morgan fingerprint density at radius 1 is 1.75 bits per heavy atom. The third-order valence-electron chi connectivity index (χ3n) is 0.363. The van der Waals surface area contributed by atoms with E-state index in [0.717, 1.165) is 0 Å². The van der Waals surface area contributed by atoms with Gasteiger partial charge in [-0.3, -0.25) is 15.1 Å². The van der Waals surface area contributed by atoms with Crippen LogP contribution in [-0.4, -0.2) is 22.9 Å². The number of nitrogens with two attached hydrogens (primary N) is 1. The summed E-state index contributed by atoms with van der Waals surface area (Å²) in [6, 6.07) is 0. The summed E-state index contributed by atoms with van der Waals surface area (Å²) in [5.74, 6) is 0. The van der Waals surface area contributed by atoms with E-state index < -0.39 is 15.3 Å². The van der Waals surface area contributed by atoms with Crippen molar-refractivity contribution < 1.29 is 17.8 Å². The number of hydrogen-bond acceptors (Lipinski definition) is 2. The molecular weight excluding hydrogens is 134 g/mol. The molecule has 0 spiro atoms. The topological polar surface area (TPSA) is 117 Å². The molecule has 0 heterocycles. The van der Waals surface area contributed by atoms with Crippen LogP contribution in [-0.2, 0) is 10.1 Å². The third kappa shape index (κ3) is 1.69. The van der Waals surface area contributed by atoms with Gasteiger partial charge in [0.2, 0.25) is 0 Å². The van der Waals surface area contributed by atoms with Crippen LogP contribution in [0, 0.1) is 0 Å². The van der Waals surface area contributed by atoms with Crippen LogP contribution in [0.15, 0.2) is 0 Å². The Balaban J connectivity index is 4.83. The van der Waals surface area contributed by atoms with E-state index in [1.54, 1.807) is 0 Å². The standard InChI is InChI=1S/CH3N3O3S/c2-1(4-3)8(5,6)7/h2H2,(H,5,6,7). The lowest BCUT2D eigenvalue weighted by Gasteiger charge is -1.78. The van der Waals surface area contributed by atoms with E-state index in [-0.39, 0.29) is 0 Å². The zero-order chi connectivity index (χ0) is 6.78. The van der Waals surface area contributed by atoms with E-state index in [2.05, 4.69) is 5.73 Å². The third-order valence-corrected chi connectivity index (χ3v) is 0.973. The van der Waals surface area contributed by atoms with Crippen molar-refractivity contribution in [3.05, 3.63) is 5.53 Å². The summed E-state index contributed by atoms with van der Waals surface area (Å²) in [5, 5.41) is -1.21.